The number of pyridine rings is 1. The lowest BCUT2D eigenvalue weighted by molar-refractivity contribution is 0.401. The minimum absolute atomic E-state index is 0.0194. The SMILES string of the molecule is CCCCCCn1c2ccccc2c2cc(-c3ccc4c(c3)C(CCCCCC)(CCCCCC)c3cc(-c5ccccn5)ccc3-4)ccc21. The van der Waals surface area contributed by atoms with Crippen molar-refractivity contribution in [1.29, 1.82) is 0 Å². The van der Waals surface area contributed by atoms with E-state index in [0.717, 1.165) is 12.2 Å². The van der Waals surface area contributed by atoms with Crippen LogP contribution in [0.15, 0.2) is 103 Å². The van der Waals surface area contributed by atoms with E-state index in [1.54, 1.807) is 5.56 Å². The van der Waals surface area contributed by atoms with Crippen molar-refractivity contribution in [2.75, 3.05) is 0 Å². The molecule has 6 aromatic rings. The number of hydrogen-bond donors (Lipinski definition) is 0. The smallest absolute Gasteiger partial charge is 0.0702 e. The molecule has 0 aliphatic heterocycles. The number of aromatic nitrogens is 2. The van der Waals surface area contributed by atoms with Gasteiger partial charge in [0, 0.05) is 45.5 Å². The van der Waals surface area contributed by atoms with Gasteiger partial charge in [0.2, 0.25) is 0 Å². The van der Waals surface area contributed by atoms with Gasteiger partial charge in [-0.3, -0.25) is 4.98 Å². The number of nitrogens with zero attached hydrogens (tertiary/aromatic N) is 2. The summed E-state index contributed by atoms with van der Waals surface area (Å²) in [5.74, 6) is 0. The molecule has 0 fully saturated rings. The first-order valence-corrected chi connectivity index (χ1v) is 19.9. The van der Waals surface area contributed by atoms with Crippen molar-refractivity contribution in [3.8, 4) is 33.5 Å². The average Bonchev–Trinajstić information content (AvgIpc) is 3.62. The Bertz CT molecular complexity index is 2020. The number of rotatable bonds is 17. The number of hydrogen-bond acceptors (Lipinski definition) is 1. The lowest BCUT2D eigenvalue weighted by Crippen LogP contribution is -2.25. The van der Waals surface area contributed by atoms with E-state index in [1.165, 1.54) is 145 Å². The van der Waals surface area contributed by atoms with Gasteiger partial charge in [0.05, 0.1) is 5.69 Å². The van der Waals surface area contributed by atoms with Crippen LogP contribution in [0.3, 0.4) is 0 Å². The van der Waals surface area contributed by atoms with Gasteiger partial charge in [-0.15, -0.1) is 0 Å². The third-order valence-corrected chi connectivity index (χ3v) is 11.6. The molecule has 258 valence electrons. The van der Waals surface area contributed by atoms with Crippen LogP contribution in [0.25, 0.3) is 55.3 Å². The van der Waals surface area contributed by atoms with Gasteiger partial charge in [0.15, 0.2) is 0 Å². The van der Waals surface area contributed by atoms with E-state index in [2.05, 4.69) is 116 Å². The van der Waals surface area contributed by atoms with Crippen molar-refractivity contribution in [2.45, 2.75) is 123 Å². The third-order valence-electron chi connectivity index (χ3n) is 11.6. The van der Waals surface area contributed by atoms with Gasteiger partial charge in [0.1, 0.15) is 0 Å². The number of unbranched alkanes of at least 4 members (excludes halogenated alkanes) is 9. The van der Waals surface area contributed by atoms with Crippen LogP contribution in [-0.4, -0.2) is 9.55 Å². The maximum atomic E-state index is 4.77. The van der Waals surface area contributed by atoms with E-state index in [9.17, 15) is 0 Å². The molecule has 2 nitrogen and oxygen atoms in total. The highest BCUT2D eigenvalue weighted by molar-refractivity contribution is 6.09. The predicted molar refractivity (Wildman–Crippen MR) is 216 cm³/mol. The second-order valence-electron chi connectivity index (χ2n) is 14.9. The van der Waals surface area contributed by atoms with Crippen molar-refractivity contribution in [1.82, 2.24) is 9.55 Å². The first kappa shape index (κ1) is 34.3. The Hall–Kier alpha value is -4.17. The largest absolute Gasteiger partial charge is 0.340 e. The molecular formula is C48H56N2. The normalized spacial score (nSPS) is 13.3. The molecule has 0 saturated heterocycles. The van der Waals surface area contributed by atoms with Crippen LogP contribution in [0, 0.1) is 0 Å². The van der Waals surface area contributed by atoms with Gasteiger partial charge < -0.3 is 4.57 Å². The molecule has 4 aromatic carbocycles. The van der Waals surface area contributed by atoms with E-state index in [4.69, 9.17) is 4.98 Å². The van der Waals surface area contributed by atoms with Crippen LogP contribution < -0.4 is 0 Å². The third kappa shape index (κ3) is 6.67. The van der Waals surface area contributed by atoms with Gasteiger partial charge in [0.25, 0.3) is 0 Å². The van der Waals surface area contributed by atoms with Crippen molar-refractivity contribution in [3.05, 3.63) is 114 Å². The molecule has 50 heavy (non-hydrogen) atoms. The second kappa shape index (κ2) is 15.8. The van der Waals surface area contributed by atoms with E-state index in [1.807, 2.05) is 12.3 Å². The summed E-state index contributed by atoms with van der Waals surface area (Å²) in [4.78, 5) is 4.77. The standard InChI is InChI=1S/C48H56N2/c1-4-7-10-16-29-48(30-17-11-8-5-2)43-34-37(23-26-39(43)40-27-24-38(35-44(40)48)45-21-15-18-31-49-45)36-25-28-47-42(33-36)41-20-13-14-22-46(41)50(47)32-19-12-9-6-3/h13-15,18,20-28,31,33-35H,4-12,16-17,19,29-30,32H2,1-3H3. The Morgan fingerprint density at radius 2 is 1.08 bits per heavy atom. The molecule has 0 atom stereocenters. The monoisotopic (exact) mass is 660 g/mol. The Labute approximate surface area is 301 Å². The molecule has 0 spiro atoms. The minimum atomic E-state index is 0.0194. The molecular weight excluding hydrogens is 605 g/mol. The van der Waals surface area contributed by atoms with Gasteiger partial charge in [-0.05, 0) is 95.1 Å². The summed E-state index contributed by atoms with van der Waals surface area (Å²) < 4.78 is 2.57. The molecule has 2 aromatic heterocycles. The molecule has 7 rings (SSSR count). The zero-order valence-corrected chi connectivity index (χ0v) is 30.8. The number of aryl methyl sites for hydroxylation is 1. The molecule has 0 bridgehead atoms. The highest BCUT2D eigenvalue weighted by atomic mass is 15.0. The van der Waals surface area contributed by atoms with Crippen LogP contribution in [-0.2, 0) is 12.0 Å². The second-order valence-corrected chi connectivity index (χ2v) is 14.9. The fourth-order valence-corrected chi connectivity index (χ4v) is 8.91. The summed E-state index contributed by atoms with van der Waals surface area (Å²) in [5, 5.41) is 2.75. The lowest BCUT2D eigenvalue weighted by Gasteiger charge is -2.33. The first-order chi connectivity index (χ1) is 24.7. The average molecular weight is 661 g/mol. The zero-order valence-electron chi connectivity index (χ0n) is 30.8. The fourth-order valence-electron chi connectivity index (χ4n) is 8.91. The fraction of sp³-hybridized carbons (Fsp3) is 0.396. The van der Waals surface area contributed by atoms with Crippen molar-refractivity contribution in [2.24, 2.45) is 0 Å². The van der Waals surface area contributed by atoms with E-state index < -0.39 is 0 Å². The van der Waals surface area contributed by atoms with Crippen LogP contribution >= 0.6 is 0 Å². The highest BCUT2D eigenvalue weighted by Gasteiger charge is 2.42. The Balaban J connectivity index is 1.34. The van der Waals surface area contributed by atoms with E-state index in [-0.39, 0.29) is 5.41 Å². The van der Waals surface area contributed by atoms with E-state index >= 15 is 0 Å². The minimum Gasteiger partial charge on any atom is -0.340 e. The molecule has 0 amide bonds. The van der Waals surface area contributed by atoms with Crippen molar-refractivity contribution >= 4 is 21.8 Å². The van der Waals surface area contributed by atoms with Gasteiger partial charge in [-0.1, -0.05) is 146 Å². The van der Waals surface area contributed by atoms with Gasteiger partial charge in [-0.25, -0.2) is 0 Å². The summed E-state index contributed by atoms with van der Waals surface area (Å²) in [6.07, 6.45) is 19.7. The number of benzene rings is 4. The molecule has 0 unspecified atom stereocenters. The Kier molecular flexibility index (Phi) is 10.8. The molecule has 2 heteroatoms. The number of fused-ring (bicyclic) bond motifs is 6. The van der Waals surface area contributed by atoms with Crippen LogP contribution in [0.2, 0.25) is 0 Å². The summed E-state index contributed by atoms with van der Waals surface area (Å²) in [5.41, 5.74) is 13.7. The predicted octanol–water partition coefficient (Wildman–Crippen LogP) is 14.3. The molecule has 0 radical (unpaired) electrons. The highest BCUT2D eigenvalue weighted by Crippen LogP contribution is 2.55. The number of para-hydroxylation sites is 1. The van der Waals surface area contributed by atoms with Gasteiger partial charge in [-0.2, -0.15) is 0 Å². The summed E-state index contributed by atoms with van der Waals surface area (Å²) in [7, 11) is 0. The van der Waals surface area contributed by atoms with Crippen LogP contribution in [0.5, 0.6) is 0 Å². The maximum absolute atomic E-state index is 4.77. The Morgan fingerprint density at radius 1 is 0.500 bits per heavy atom. The van der Waals surface area contributed by atoms with Gasteiger partial charge >= 0.3 is 0 Å². The molecule has 0 N–H and O–H groups in total. The topological polar surface area (TPSA) is 17.8 Å². The van der Waals surface area contributed by atoms with Crippen molar-refractivity contribution in [3.63, 3.8) is 0 Å². The summed E-state index contributed by atoms with van der Waals surface area (Å²) in [6, 6.07) is 37.2. The summed E-state index contributed by atoms with van der Waals surface area (Å²) in [6.45, 7) is 8.03. The first-order valence-electron chi connectivity index (χ1n) is 19.9. The van der Waals surface area contributed by atoms with Crippen molar-refractivity contribution < 1.29 is 0 Å². The molecule has 1 aliphatic carbocycles. The summed E-state index contributed by atoms with van der Waals surface area (Å²) >= 11 is 0. The van der Waals surface area contributed by atoms with Crippen LogP contribution in [0.1, 0.15) is 122 Å². The van der Waals surface area contributed by atoms with Crippen LogP contribution in [0.4, 0.5) is 0 Å². The maximum Gasteiger partial charge on any atom is 0.0702 e. The van der Waals surface area contributed by atoms with E-state index in [0.29, 0.717) is 0 Å². The quantitative estimate of drug-likeness (QED) is 0.0890. The Morgan fingerprint density at radius 3 is 1.76 bits per heavy atom. The molecule has 1 aliphatic rings. The molecule has 2 heterocycles. The lowest BCUT2D eigenvalue weighted by atomic mass is 9.70. The molecule has 0 saturated carbocycles. The zero-order chi connectivity index (χ0) is 34.3.